The molecule has 0 N–H and O–H groups in total. The van der Waals surface area contributed by atoms with Gasteiger partial charge in [0.05, 0.1) is 7.11 Å². The van der Waals surface area contributed by atoms with E-state index in [-0.39, 0.29) is 0 Å². The second-order valence-electron chi connectivity index (χ2n) is 1.49. The third-order valence-electron chi connectivity index (χ3n) is 0.921. The molecular weight excluding hydrogens is 142 g/mol. The highest BCUT2D eigenvalue weighted by Crippen LogP contribution is 2.14. The van der Waals surface area contributed by atoms with Crippen LogP contribution >= 0.6 is 0 Å². The second-order valence-corrected chi connectivity index (χ2v) is 1.49. The Morgan fingerprint density at radius 1 is 1.30 bits per heavy atom. The van der Waals surface area contributed by atoms with Crippen molar-refractivity contribution in [3.8, 4) is 5.75 Å². The Balaban J connectivity index is 3.17. The zero-order chi connectivity index (χ0) is 7.56. The summed E-state index contributed by atoms with van der Waals surface area (Å²) in [5.74, 6) is -2.53. The van der Waals surface area contributed by atoms with Gasteiger partial charge in [0.15, 0.2) is 0 Å². The Morgan fingerprint density at radius 2 is 1.80 bits per heavy atom. The summed E-state index contributed by atoms with van der Waals surface area (Å²) in [5, 5.41) is 0. The molecule has 54 valence electrons. The van der Waals surface area contributed by atoms with Gasteiger partial charge in [-0.2, -0.15) is 8.78 Å². The molecule has 0 aliphatic rings. The molecule has 0 unspecified atom stereocenters. The maximum Gasteiger partial charge on any atom is 0.261 e. The van der Waals surface area contributed by atoms with Crippen molar-refractivity contribution < 1.29 is 13.5 Å². The van der Waals surface area contributed by atoms with Crippen LogP contribution in [0.2, 0.25) is 0 Å². The van der Waals surface area contributed by atoms with Crippen molar-refractivity contribution in [2.45, 2.75) is 0 Å². The summed E-state index contributed by atoms with van der Waals surface area (Å²) in [6, 6.07) is 0. The first-order valence-electron chi connectivity index (χ1n) is 2.45. The number of hydrogen-bond donors (Lipinski definition) is 0. The smallest absolute Gasteiger partial charge is 0.261 e. The molecule has 5 heteroatoms. The van der Waals surface area contributed by atoms with Gasteiger partial charge in [-0.15, -0.1) is 0 Å². The molecule has 0 spiro atoms. The van der Waals surface area contributed by atoms with Gasteiger partial charge in [0, 0.05) is 0 Å². The molecule has 0 saturated heterocycles. The Morgan fingerprint density at radius 3 is 2.10 bits per heavy atom. The molecule has 0 bridgehead atoms. The Hall–Kier alpha value is -1.26. The molecule has 0 aromatic carbocycles. The van der Waals surface area contributed by atoms with E-state index in [1.165, 1.54) is 0 Å². The molecule has 1 aromatic heterocycles. The summed E-state index contributed by atoms with van der Waals surface area (Å²) in [7, 11) is 1.14. The summed E-state index contributed by atoms with van der Waals surface area (Å²) in [6.45, 7) is 0. The van der Waals surface area contributed by atoms with Crippen molar-refractivity contribution >= 4 is 0 Å². The van der Waals surface area contributed by atoms with Crippen molar-refractivity contribution in [3.63, 3.8) is 0 Å². The molecule has 0 radical (unpaired) electrons. The van der Waals surface area contributed by atoms with Gasteiger partial charge in [-0.3, -0.25) is 0 Å². The lowest BCUT2D eigenvalue weighted by atomic mass is 10.6. The predicted molar refractivity (Wildman–Crippen MR) is 28.5 cm³/mol. The molecular formula is C5H4F2N2O. The van der Waals surface area contributed by atoms with Crippen LogP contribution in [-0.4, -0.2) is 17.1 Å². The van der Waals surface area contributed by atoms with Gasteiger partial charge in [0.2, 0.25) is 5.75 Å². The van der Waals surface area contributed by atoms with E-state index in [4.69, 9.17) is 0 Å². The van der Waals surface area contributed by atoms with E-state index >= 15 is 0 Å². The van der Waals surface area contributed by atoms with Crippen LogP contribution in [-0.2, 0) is 0 Å². The molecule has 0 fully saturated rings. The SMILES string of the molecule is COc1c(F)ncnc1F. The quantitative estimate of drug-likeness (QED) is 0.548. The van der Waals surface area contributed by atoms with Crippen molar-refractivity contribution in [3.05, 3.63) is 18.2 Å². The van der Waals surface area contributed by atoms with Crippen LogP contribution in [0.1, 0.15) is 0 Å². The van der Waals surface area contributed by atoms with Gasteiger partial charge in [-0.25, -0.2) is 9.97 Å². The van der Waals surface area contributed by atoms with E-state index in [1.807, 2.05) is 0 Å². The topological polar surface area (TPSA) is 35.0 Å². The standard InChI is InChI=1S/C5H4F2N2O/c1-10-3-4(6)8-2-9-5(3)7/h2H,1H3. The monoisotopic (exact) mass is 146 g/mol. The second kappa shape index (κ2) is 2.55. The highest BCUT2D eigenvalue weighted by Gasteiger charge is 2.09. The van der Waals surface area contributed by atoms with Gasteiger partial charge in [0.1, 0.15) is 6.33 Å². The van der Waals surface area contributed by atoms with E-state index in [0.717, 1.165) is 13.4 Å². The fourth-order valence-corrected chi connectivity index (χ4v) is 0.501. The maximum absolute atomic E-state index is 12.3. The lowest BCUT2D eigenvalue weighted by Gasteiger charge is -1.98. The average molecular weight is 146 g/mol. The third kappa shape index (κ3) is 1.02. The van der Waals surface area contributed by atoms with Crippen LogP contribution < -0.4 is 4.74 Å². The number of ether oxygens (including phenoxy) is 1. The Kier molecular flexibility index (Phi) is 1.75. The minimum absolute atomic E-state index is 0.553. The number of nitrogens with zero attached hydrogens (tertiary/aromatic N) is 2. The zero-order valence-electron chi connectivity index (χ0n) is 5.14. The van der Waals surface area contributed by atoms with Gasteiger partial charge in [-0.05, 0) is 0 Å². The van der Waals surface area contributed by atoms with Crippen molar-refractivity contribution in [2.24, 2.45) is 0 Å². The zero-order valence-corrected chi connectivity index (χ0v) is 5.14. The van der Waals surface area contributed by atoms with E-state index in [1.54, 1.807) is 0 Å². The predicted octanol–water partition coefficient (Wildman–Crippen LogP) is 0.763. The first-order chi connectivity index (χ1) is 4.75. The number of hydrogen-bond acceptors (Lipinski definition) is 3. The molecule has 0 aliphatic carbocycles. The minimum atomic E-state index is -0.991. The first kappa shape index (κ1) is 6.85. The van der Waals surface area contributed by atoms with Crippen LogP contribution in [0.4, 0.5) is 8.78 Å². The van der Waals surface area contributed by atoms with Gasteiger partial charge < -0.3 is 4.74 Å². The fraction of sp³-hybridized carbons (Fsp3) is 0.200. The summed E-state index contributed by atoms with van der Waals surface area (Å²) in [6.07, 6.45) is 0.785. The first-order valence-corrected chi connectivity index (χ1v) is 2.45. The maximum atomic E-state index is 12.3. The molecule has 10 heavy (non-hydrogen) atoms. The van der Waals surface area contributed by atoms with Crippen LogP contribution in [0.25, 0.3) is 0 Å². The van der Waals surface area contributed by atoms with E-state index < -0.39 is 17.6 Å². The molecule has 1 rings (SSSR count). The van der Waals surface area contributed by atoms with Crippen LogP contribution in [0, 0.1) is 11.9 Å². The highest BCUT2D eigenvalue weighted by molar-refractivity contribution is 5.14. The molecule has 1 aromatic rings. The Labute approximate surface area is 55.7 Å². The lowest BCUT2D eigenvalue weighted by Crippen LogP contribution is -1.97. The summed E-state index contributed by atoms with van der Waals surface area (Å²) >= 11 is 0. The molecule has 0 aliphatic heterocycles. The minimum Gasteiger partial charge on any atom is -0.489 e. The lowest BCUT2D eigenvalue weighted by molar-refractivity contribution is 0.342. The fourth-order valence-electron chi connectivity index (χ4n) is 0.501. The molecule has 3 nitrogen and oxygen atoms in total. The average Bonchev–Trinajstić information content (AvgIpc) is 1.88. The van der Waals surface area contributed by atoms with Crippen molar-refractivity contribution in [1.82, 2.24) is 9.97 Å². The summed E-state index contributed by atoms with van der Waals surface area (Å²) in [5.41, 5.74) is 0. The van der Waals surface area contributed by atoms with Gasteiger partial charge >= 0.3 is 0 Å². The normalized spacial score (nSPS) is 9.50. The highest BCUT2D eigenvalue weighted by atomic mass is 19.1. The number of rotatable bonds is 1. The largest absolute Gasteiger partial charge is 0.489 e. The molecule has 0 amide bonds. The molecule has 1 heterocycles. The Bertz CT molecular complexity index is 221. The van der Waals surface area contributed by atoms with Crippen molar-refractivity contribution in [1.29, 1.82) is 0 Å². The summed E-state index contributed by atoms with van der Waals surface area (Å²) in [4.78, 5) is 6.14. The number of halogens is 2. The van der Waals surface area contributed by atoms with Crippen LogP contribution in [0.15, 0.2) is 6.33 Å². The molecule has 0 atom stereocenters. The van der Waals surface area contributed by atoms with Crippen LogP contribution in [0.3, 0.4) is 0 Å². The molecule has 0 saturated carbocycles. The van der Waals surface area contributed by atoms with Crippen LogP contribution in [0.5, 0.6) is 5.75 Å². The van der Waals surface area contributed by atoms with Gasteiger partial charge in [-0.1, -0.05) is 0 Å². The number of aromatic nitrogens is 2. The van der Waals surface area contributed by atoms with Gasteiger partial charge in [0.25, 0.3) is 11.9 Å². The van der Waals surface area contributed by atoms with E-state index in [0.29, 0.717) is 0 Å². The summed E-state index contributed by atoms with van der Waals surface area (Å²) < 4.78 is 29.0. The van der Waals surface area contributed by atoms with E-state index in [2.05, 4.69) is 14.7 Å². The van der Waals surface area contributed by atoms with E-state index in [9.17, 15) is 8.78 Å². The van der Waals surface area contributed by atoms with Crippen molar-refractivity contribution in [2.75, 3.05) is 7.11 Å². The number of methoxy groups -OCH3 is 1. The third-order valence-corrected chi connectivity index (χ3v) is 0.921.